The molecule has 0 saturated heterocycles. The molecule has 0 radical (unpaired) electrons. The molecule has 0 saturated carbocycles. The molecule has 7 nitrogen and oxygen atoms in total. The van der Waals surface area contributed by atoms with Crippen molar-refractivity contribution < 1.29 is 33.1 Å². The number of ether oxygens (including phenoxy) is 1. The van der Waals surface area contributed by atoms with E-state index in [0.717, 1.165) is 12.8 Å². The molecule has 0 aliphatic heterocycles. The predicted molar refractivity (Wildman–Crippen MR) is 109 cm³/mol. The van der Waals surface area contributed by atoms with Crippen molar-refractivity contribution >= 4 is 13.8 Å². The maximum Gasteiger partial charge on any atom is 0.510 e. The van der Waals surface area contributed by atoms with Gasteiger partial charge >= 0.3 is 13.8 Å². The van der Waals surface area contributed by atoms with Gasteiger partial charge in [0.1, 0.15) is 0 Å². The van der Waals surface area contributed by atoms with Crippen molar-refractivity contribution in [3.8, 4) is 0 Å². The van der Waals surface area contributed by atoms with Crippen molar-refractivity contribution in [2.75, 3.05) is 6.61 Å². The van der Waals surface area contributed by atoms with E-state index in [9.17, 15) is 14.3 Å². The molecule has 0 spiro atoms. The second-order valence-electron chi connectivity index (χ2n) is 7.12. The van der Waals surface area contributed by atoms with Gasteiger partial charge in [0.2, 0.25) is 0 Å². The maximum absolute atomic E-state index is 11.5. The van der Waals surface area contributed by atoms with Crippen LogP contribution in [0.4, 0.5) is 0 Å². The summed E-state index contributed by atoms with van der Waals surface area (Å²) in [5.74, 6) is -0.676. The number of phosphoric ester groups is 1. The molecule has 8 heteroatoms. The van der Waals surface area contributed by atoms with Gasteiger partial charge in [0.05, 0.1) is 0 Å². The first-order chi connectivity index (χ1) is 13.4. The van der Waals surface area contributed by atoms with Crippen LogP contribution in [0.2, 0.25) is 0 Å². The normalized spacial score (nSPS) is 14.6. The lowest BCUT2D eigenvalue weighted by Crippen LogP contribution is -2.13. The van der Waals surface area contributed by atoms with E-state index in [0.29, 0.717) is 13.0 Å². The molecule has 0 amide bonds. The first kappa shape index (κ1) is 27.5. The van der Waals surface area contributed by atoms with Gasteiger partial charge in [-0.25, -0.2) is 9.36 Å². The molecule has 168 valence electrons. The van der Waals surface area contributed by atoms with Crippen LogP contribution in [-0.4, -0.2) is 23.8 Å². The SMILES string of the molecule is CCCCCCCCCCCCCCCC(=O)OOP(=O)(O)OC(C)OCC. The molecule has 0 aromatic carbocycles. The summed E-state index contributed by atoms with van der Waals surface area (Å²) in [6, 6.07) is 0. The fourth-order valence-corrected chi connectivity index (χ4v) is 3.54. The minimum absolute atomic E-state index is 0.152. The number of carbonyl (C=O) groups excluding carboxylic acids is 1. The van der Waals surface area contributed by atoms with Crippen LogP contribution in [0.25, 0.3) is 0 Å². The number of hydrogen-bond acceptors (Lipinski definition) is 6. The summed E-state index contributed by atoms with van der Waals surface area (Å²) in [6.45, 7) is 5.73. The molecule has 0 aliphatic carbocycles. The van der Waals surface area contributed by atoms with E-state index in [1.54, 1.807) is 6.92 Å². The summed E-state index contributed by atoms with van der Waals surface area (Å²) >= 11 is 0. The highest BCUT2D eigenvalue weighted by atomic mass is 31.2. The molecule has 2 atom stereocenters. The van der Waals surface area contributed by atoms with E-state index in [-0.39, 0.29) is 6.42 Å². The van der Waals surface area contributed by atoms with Crippen LogP contribution in [0.5, 0.6) is 0 Å². The van der Waals surface area contributed by atoms with Gasteiger partial charge in [-0.1, -0.05) is 88.6 Å². The van der Waals surface area contributed by atoms with Gasteiger partial charge in [-0.15, -0.1) is 0 Å². The Labute approximate surface area is 171 Å². The fourth-order valence-electron chi connectivity index (χ4n) is 2.89. The Balaban J connectivity index is 3.47. The zero-order valence-electron chi connectivity index (χ0n) is 18.0. The van der Waals surface area contributed by atoms with Crippen LogP contribution < -0.4 is 0 Å². The zero-order chi connectivity index (χ0) is 21.1. The molecule has 0 rings (SSSR count). The van der Waals surface area contributed by atoms with Crippen molar-refractivity contribution in [3.63, 3.8) is 0 Å². The summed E-state index contributed by atoms with van der Waals surface area (Å²) in [6.07, 6.45) is 15.0. The minimum atomic E-state index is -4.47. The molecule has 2 unspecified atom stereocenters. The Morgan fingerprint density at radius 1 is 0.857 bits per heavy atom. The molecule has 0 aromatic rings. The van der Waals surface area contributed by atoms with Crippen LogP contribution in [0, 0.1) is 0 Å². The molecule has 0 heterocycles. The Morgan fingerprint density at radius 3 is 1.79 bits per heavy atom. The van der Waals surface area contributed by atoms with Gasteiger partial charge in [-0.05, 0) is 20.3 Å². The number of carbonyl (C=O) groups is 1. The van der Waals surface area contributed by atoms with Crippen LogP contribution >= 0.6 is 7.82 Å². The molecule has 1 N–H and O–H groups in total. The third-order valence-corrected chi connectivity index (χ3v) is 5.22. The fraction of sp³-hybridized carbons (Fsp3) is 0.950. The first-order valence-electron chi connectivity index (χ1n) is 10.9. The minimum Gasteiger partial charge on any atom is -0.353 e. The highest BCUT2D eigenvalue weighted by Gasteiger charge is 2.28. The molecular formula is C20H41O7P. The average Bonchev–Trinajstić information content (AvgIpc) is 2.63. The van der Waals surface area contributed by atoms with Crippen molar-refractivity contribution in [2.24, 2.45) is 0 Å². The lowest BCUT2D eigenvalue weighted by Gasteiger charge is -2.15. The van der Waals surface area contributed by atoms with Crippen molar-refractivity contribution in [2.45, 2.75) is 117 Å². The zero-order valence-corrected chi connectivity index (χ0v) is 18.9. The Bertz CT molecular complexity index is 417. The summed E-state index contributed by atoms with van der Waals surface area (Å²) in [7, 11) is -4.47. The standard InChI is InChI=1S/C20H41O7P/c1-4-6-7-8-9-10-11-12-13-14-15-16-17-18-20(21)25-27-28(22,23)26-19(3)24-5-2/h19H,4-18H2,1-3H3,(H,22,23). The Morgan fingerprint density at radius 2 is 1.32 bits per heavy atom. The smallest absolute Gasteiger partial charge is 0.353 e. The predicted octanol–water partition coefficient (Wildman–Crippen LogP) is 6.44. The van der Waals surface area contributed by atoms with E-state index in [1.807, 2.05) is 0 Å². The topological polar surface area (TPSA) is 91.3 Å². The molecular weight excluding hydrogens is 383 g/mol. The van der Waals surface area contributed by atoms with Crippen LogP contribution in [-0.2, 0) is 28.2 Å². The molecule has 0 bridgehead atoms. The highest BCUT2D eigenvalue weighted by molar-refractivity contribution is 7.47. The Hall–Kier alpha value is -0.460. The second-order valence-corrected chi connectivity index (χ2v) is 8.42. The third-order valence-electron chi connectivity index (χ3n) is 4.39. The van der Waals surface area contributed by atoms with Gasteiger partial charge in [0.25, 0.3) is 0 Å². The van der Waals surface area contributed by atoms with Crippen LogP contribution in [0.3, 0.4) is 0 Å². The lowest BCUT2D eigenvalue weighted by atomic mass is 10.0. The number of unbranched alkanes of at least 4 members (excludes halogenated alkanes) is 12. The highest BCUT2D eigenvalue weighted by Crippen LogP contribution is 2.45. The monoisotopic (exact) mass is 424 g/mol. The van der Waals surface area contributed by atoms with Crippen molar-refractivity contribution in [1.29, 1.82) is 0 Å². The summed E-state index contributed by atoms with van der Waals surface area (Å²) in [5.41, 5.74) is 0. The summed E-state index contributed by atoms with van der Waals surface area (Å²) in [5, 5.41) is 0. The molecule has 28 heavy (non-hydrogen) atoms. The third kappa shape index (κ3) is 18.9. The van der Waals surface area contributed by atoms with Crippen LogP contribution in [0.1, 0.15) is 111 Å². The maximum atomic E-state index is 11.5. The lowest BCUT2D eigenvalue weighted by molar-refractivity contribution is -0.229. The van der Waals surface area contributed by atoms with E-state index in [1.165, 1.54) is 71.1 Å². The first-order valence-corrected chi connectivity index (χ1v) is 12.4. The van der Waals surface area contributed by atoms with Crippen molar-refractivity contribution in [1.82, 2.24) is 0 Å². The van der Waals surface area contributed by atoms with Gasteiger partial charge in [-0.2, -0.15) is 0 Å². The Kier molecular flexibility index (Phi) is 18.3. The van der Waals surface area contributed by atoms with E-state index in [4.69, 9.17) is 4.74 Å². The van der Waals surface area contributed by atoms with E-state index >= 15 is 0 Å². The van der Waals surface area contributed by atoms with Gasteiger partial charge in [-0.3, -0.25) is 9.41 Å². The van der Waals surface area contributed by atoms with Crippen LogP contribution in [0.15, 0.2) is 0 Å². The molecule has 0 aromatic heterocycles. The van der Waals surface area contributed by atoms with Crippen molar-refractivity contribution in [3.05, 3.63) is 0 Å². The number of rotatable bonds is 20. The van der Waals surface area contributed by atoms with Gasteiger partial charge < -0.3 is 9.63 Å². The second kappa shape index (κ2) is 18.6. The van der Waals surface area contributed by atoms with E-state index in [2.05, 4.69) is 21.0 Å². The largest absolute Gasteiger partial charge is 0.510 e. The average molecular weight is 425 g/mol. The number of phosphoric acid groups is 1. The molecule has 0 fully saturated rings. The van der Waals surface area contributed by atoms with Gasteiger partial charge in [0, 0.05) is 13.0 Å². The van der Waals surface area contributed by atoms with Gasteiger partial charge in [0.15, 0.2) is 6.29 Å². The quantitative estimate of drug-likeness (QED) is 0.0790. The van der Waals surface area contributed by atoms with E-state index < -0.39 is 20.1 Å². The summed E-state index contributed by atoms with van der Waals surface area (Å²) in [4.78, 5) is 25.3. The summed E-state index contributed by atoms with van der Waals surface area (Å²) < 4.78 is 25.4. The molecule has 0 aliphatic rings. The number of hydrogen-bond donors (Lipinski definition) is 1.